The van der Waals surface area contributed by atoms with Crippen molar-refractivity contribution in [1.82, 2.24) is 0 Å². The van der Waals surface area contributed by atoms with Crippen LogP contribution in [0.5, 0.6) is 11.5 Å². The number of carbonyl (C=O) groups is 4. The number of nitrogens with one attached hydrogen (secondary N) is 2. The summed E-state index contributed by atoms with van der Waals surface area (Å²) in [5, 5.41) is 42.8. The van der Waals surface area contributed by atoms with Crippen molar-refractivity contribution in [2.75, 3.05) is 10.6 Å². The summed E-state index contributed by atoms with van der Waals surface area (Å²) in [6.45, 7) is 0. The van der Waals surface area contributed by atoms with Crippen LogP contribution in [0.3, 0.4) is 0 Å². The number of carboxylic acids is 2. The van der Waals surface area contributed by atoms with Gasteiger partial charge in [-0.25, -0.2) is 9.59 Å². The Labute approximate surface area is 180 Å². The van der Waals surface area contributed by atoms with Gasteiger partial charge in [-0.1, -0.05) is 12.1 Å². The first kappa shape index (κ1) is 21.8. The fourth-order valence-electron chi connectivity index (χ4n) is 2.80. The van der Waals surface area contributed by atoms with E-state index < -0.39 is 35.3 Å². The molecule has 0 aliphatic rings. The van der Waals surface area contributed by atoms with E-state index in [1.807, 2.05) is 0 Å². The largest absolute Gasteiger partial charge is 0.505 e. The number of aromatic hydroxyl groups is 2. The van der Waals surface area contributed by atoms with E-state index >= 15 is 0 Å². The second-order valence-electron chi connectivity index (χ2n) is 6.50. The number of rotatable bonds is 6. The average molecular weight is 436 g/mol. The molecule has 0 bridgehead atoms. The minimum atomic E-state index is -1.35. The van der Waals surface area contributed by atoms with Crippen LogP contribution in [0.4, 0.5) is 11.4 Å². The maximum atomic E-state index is 12.4. The molecule has 0 spiro atoms. The van der Waals surface area contributed by atoms with Crippen molar-refractivity contribution in [3.63, 3.8) is 0 Å². The van der Waals surface area contributed by atoms with Gasteiger partial charge in [-0.05, 0) is 48.5 Å². The Kier molecular flexibility index (Phi) is 6.06. The third-order valence-corrected chi connectivity index (χ3v) is 4.44. The minimum Gasteiger partial charge on any atom is -0.505 e. The Balaban J connectivity index is 1.74. The van der Waals surface area contributed by atoms with Gasteiger partial charge >= 0.3 is 11.9 Å². The van der Waals surface area contributed by atoms with Crippen LogP contribution in [0.15, 0.2) is 60.7 Å². The van der Waals surface area contributed by atoms with E-state index in [0.717, 1.165) is 0 Å². The van der Waals surface area contributed by atoms with Crippen molar-refractivity contribution in [2.24, 2.45) is 0 Å². The molecule has 0 saturated carbocycles. The highest BCUT2D eigenvalue weighted by Gasteiger charge is 2.17. The van der Waals surface area contributed by atoms with Gasteiger partial charge in [0.05, 0.1) is 11.4 Å². The molecule has 0 heterocycles. The summed E-state index contributed by atoms with van der Waals surface area (Å²) >= 11 is 0. The summed E-state index contributed by atoms with van der Waals surface area (Å²) in [5.74, 6) is -5.19. The maximum Gasteiger partial charge on any atom is 0.339 e. The number of carbonyl (C=O) groups excluding carboxylic acids is 2. The van der Waals surface area contributed by atoms with Gasteiger partial charge in [-0.3, -0.25) is 9.59 Å². The van der Waals surface area contributed by atoms with E-state index in [-0.39, 0.29) is 33.6 Å². The molecule has 10 heteroatoms. The van der Waals surface area contributed by atoms with Crippen molar-refractivity contribution in [3.05, 3.63) is 82.9 Å². The van der Waals surface area contributed by atoms with E-state index in [2.05, 4.69) is 10.6 Å². The van der Waals surface area contributed by atoms with Gasteiger partial charge in [0.1, 0.15) is 11.1 Å². The number of benzene rings is 3. The highest BCUT2D eigenvalue weighted by molar-refractivity contribution is 6.09. The van der Waals surface area contributed by atoms with Gasteiger partial charge in [0.15, 0.2) is 11.5 Å². The van der Waals surface area contributed by atoms with Crippen LogP contribution in [0.2, 0.25) is 0 Å². The summed E-state index contributed by atoms with van der Waals surface area (Å²) in [4.78, 5) is 47.0. The van der Waals surface area contributed by atoms with Crippen molar-refractivity contribution >= 4 is 35.1 Å². The molecular weight excluding hydrogens is 420 g/mol. The molecule has 162 valence electrons. The van der Waals surface area contributed by atoms with Crippen LogP contribution in [-0.2, 0) is 0 Å². The lowest BCUT2D eigenvalue weighted by Crippen LogP contribution is -2.15. The molecular formula is C22H16N2O8. The quantitative estimate of drug-likeness (QED) is 0.320. The number of hydrogen-bond acceptors (Lipinski definition) is 6. The lowest BCUT2D eigenvalue weighted by atomic mass is 10.1. The SMILES string of the molecule is O=C(Nc1cccc(C(=O)O)c1O)c1ccc(C(=O)Nc2cccc(C(=O)O)c2O)cc1. The number of amides is 2. The summed E-state index contributed by atoms with van der Waals surface area (Å²) < 4.78 is 0. The van der Waals surface area contributed by atoms with Crippen LogP contribution >= 0.6 is 0 Å². The van der Waals surface area contributed by atoms with Gasteiger partial charge in [0.2, 0.25) is 0 Å². The molecule has 0 aromatic heterocycles. The lowest BCUT2D eigenvalue weighted by molar-refractivity contribution is 0.0682. The van der Waals surface area contributed by atoms with E-state index in [4.69, 9.17) is 10.2 Å². The zero-order chi connectivity index (χ0) is 23.4. The molecule has 0 radical (unpaired) electrons. The summed E-state index contributed by atoms with van der Waals surface area (Å²) in [6, 6.07) is 13.1. The molecule has 10 nitrogen and oxygen atoms in total. The summed E-state index contributed by atoms with van der Waals surface area (Å²) in [6.07, 6.45) is 0. The van der Waals surface area contributed by atoms with Gasteiger partial charge in [-0.15, -0.1) is 0 Å². The van der Waals surface area contributed by atoms with Gasteiger partial charge in [-0.2, -0.15) is 0 Å². The first-order valence-electron chi connectivity index (χ1n) is 9.02. The normalized spacial score (nSPS) is 10.2. The number of para-hydroxylation sites is 2. The van der Waals surface area contributed by atoms with Crippen molar-refractivity contribution in [1.29, 1.82) is 0 Å². The third-order valence-electron chi connectivity index (χ3n) is 4.44. The highest BCUT2D eigenvalue weighted by Crippen LogP contribution is 2.29. The Morgan fingerprint density at radius 2 is 0.906 bits per heavy atom. The lowest BCUT2D eigenvalue weighted by Gasteiger charge is -2.11. The predicted octanol–water partition coefficient (Wildman–Crippen LogP) is 3.00. The topological polar surface area (TPSA) is 173 Å². The van der Waals surface area contributed by atoms with E-state index in [1.54, 1.807) is 0 Å². The molecule has 0 saturated heterocycles. The Bertz CT molecular complexity index is 1140. The predicted molar refractivity (Wildman–Crippen MR) is 112 cm³/mol. The Morgan fingerprint density at radius 3 is 1.22 bits per heavy atom. The highest BCUT2D eigenvalue weighted by atomic mass is 16.4. The standard InChI is InChI=1S/C22H16N2O8/c25-17-13(21(29)30)3-1-5-15(17)23-19(27)11-7-9-12(10-8-11)20(28)24-16-6-2-4-14(18(16)26)22(31)32/h1-10,25-26H,(H,23,27)(H,24,28)(H,29,30)(H,31,32). The molecule has 3 aromatic rings. The Hall–Kier alpha value is -4.86. The molecule has 6 N–H and O–H groups in total. The van der Waals surface area contributed by atoms with Crippen LogP contribution in [0.25, 0.3) is 0 Å². The van der Waals surface area contributed by atoms with Crippen LogP contribution in [0.1, 0.15) is 41.4 Å². The molecule has 0 aliphatic heterocycles. The fraction of sp³-hybridized carbons (Fsp3) is 0. The van der Waals surface area contributed by atoms with Crippen molar-refractivity contribution in [2.45, 2.75) is 0 Å². The fourth-order valence-corrected chi connectivity index (χ4v) is 2.80. The smallest absolute Gasteiger partial charge is 0.339 e. The molecule has 3 aromatic carbocycles. The summed E-state index contributed by atoms with van der Waals surface area (Å²) in [5.41, 5.74) is -0.680. The molecule has 0 fully saturated rings. The molecule has 0 unspecified atom stereocenters. The van der Waals surface area contributed by atoms with Crippen LogP contribution in [-0.4, -0.2) is 44.2 Å². The maximum absolute atomic E-state index is 12.4. The monoisotopic (exact) mass is 436 g/mol. The first-order valence-corrected chi connectivity index (χ1v) is 9.02. The summed E-state index contributed by atoms with van der Waals surface area (Å²) in [7, 11) is 0. The average Bonchev–Trinajstić information content (AvgIpc) is 2.76. The Morgan fingerprint density at radius 1 is 0.562 bits per heavy atom. The van der Waals surface area contributed by atoms with Gasteiger partial charge in [0, 0.05) is 11.1 Å². The van der Waals surface area contributed by atoms with E-state index in [0.29, 0.717) is 0 Å². The molecule has 2 amide bonds. The number of anilines is 2. The number of carboxylic acid groups (broad SMARTS) is 2. The van der Waals surface area contributed by atoms with Crippen molar-refractivity contribution in [3.8, 4) is 11.5 Å². The molecule has 3 rings (SSSR count). The van der Waals surface area contributed by atoms with E-state index in [1.165, 1.54) is 60.7 Å². The number of hydrogen-bond donors (Lipinski definition) is 6. The minimum absolute atomic E-state index is 0.0921. The molecule has 0 atom stereocenters. The zero-order valence-electron chi connectivity index (χ0n) is 16.2. The molecule has 32 heavy (non-hydrogen) atoms. The van der Waals surface area contributed by atoms with Crippen molar-refractivity contribution < 1.29 is 39.6 Å². The van der Waals surface area contributed by atoms with Gasteiger partial charge in [0.25, 0.3) is 11.8 Å². The first-order chi connectivity index (χ1) is 15.2. The van der Waals surface area contributed by atoms with Crippen LogP contribution < -0.4 is 10.6 Å². The van der Waals surface area contributed by atoms with Crippen LogP contribution in [0, 0.1) is 0 Å². The number of aromatic carboxylic acids is 2. The zero-order valence-corrected chi connectivity index (χ0v) is 16.2. The molecule has 0 aliphatic carbocycles. The second-order valence-corrected chi connectivity index (χ2v) is 6.50. The van der Waals surface area contributed by atoms with Gasteiger partial charge < -0.3 is 31.1 Å². The number of phenols is 2. The van der Waals surface area contributed by atoms with E-state index in [9.17, 15) is 29.4 Å². The second kappa shape index (κ2) is 8.88. The third kappa shape index (κ3) is 4.49.